The van der Waals surface area contributed by atoms with E-state index in [0.717, 1.165) is 0 Å². The van der Waals surface area contributed by atoms with Crippen molar-refractivity contribution in [1.29, 1.82) is 0 Å². The number of hydrogen-bond acceptors (Lipinski definition) is 5. The molecule has 0 aliphatic heterocycles. The van der Waals surface area contributed by atoms with Gasteiger partial charge < -0.3 is 20.1 Å². The van der Waals surface area contributed by atoms with E-state index in [1.807, 2.05) is 0 Å². The number of aliphatic hydroxyl groups excluding tert-OH is 1. The second-order valence-corrected chi connectivity index (χ2v) is 3.15. The molecule has 0 aromatic carbocycles. The van der Waals surface area contributed by atoms with Crippen molar-refractivity contribution in [3.63, 3.8) is 0 Å². The van der Waals surface area contributed by atoms with Crippen molar-refractivity contribution in [2.75, 3.05) is 6.61 Å². The number of carboxylic acids is 2. The predicted octanol–water partition coefficient (Wildman–Crippen LogP) is -0.524. The molecule has 0 rings (SSSR count). The van der Waals surface area contributed by atoms with E-state index >= 15 is 0 Å². The standard InChI is InChI=1S/C9H14O7/c1-2-3-16-9(15)7(12)5(8(13)14)4-6(10)11/h5,7,12H,2-4H2,1H3,(H,10,11)(H,13,14). The van der Waals surface area contributed by atoms with Crippen LogP contribution in [0.2, 0.25) is 0 Å². The maximum atomic E-state index is 11.1. The third-order valence-corrected chi connectivity index (χ3v) is 1.78. The summed E-state index contributed by atoms with van der Waals surface area (Å²) in [5.74, 6) is -5.77. The van der Waals surface area contributed by atoms with Gasteiger partial charge in [-0.15, -0.1) is 0 Å². The van der Waals surface area contributed by atoms with Gasteiger partial charge in [-0.2, -0.15) is 0 Å². The summed E-state index contributed by atoms with van der Waals surface area (Å²) in [6.45, 7) is 1.78. The molecule has 0 aromatic rings. The quantitative estimate of drug-likeness (QED) is 0.506. The lowest BCUT2D eigenvalue weighted by molar-refractivity contribution is -0.166. The van der Waals surface area contributed by atoms with Crippen LogP contribution in [0.5, 0.6) is 0 Å². The maximum Gasteiger partial charge on any atom is 0.335 e. The molecule has 0 aliphatic carbocycles. The van der Waals surface area contributed by atoms with Gasteiger partial charge in [0.05, 0.1) is 13.0 Å². The number of aliphatic carboxylic acids is 2. The third kappa shape index (κ3) is 4.74. The molecule has 2 atom stereocenters. The van der Waals surface area contributed by atoms with Crippen LogP contribution in [0.3, 0.4) is 0 Å². The highest BCUT2D eigenvalue weighted by Gasteiger charge is 2.34. The van der Waals surface area contributed by atoms with Crippen molar-refractivity contribution in [1.82, 2.24) is 0 Å². The van der Waals surface area contributed by atoms with Crippen LogP contribution in [0.15, 0.2) is 0 Å². The number of rotatable bonds is 7. The van der Waals surface area contributed by atoms with E-state index in [1.165, 1.54) is 0 Å². The Morgan fingerprint density at radius 1 is 1.25 bits per heavy atom. The maximum absolute atomic E-state index is 11.1. The summed E-state index contributed by atoms with van der Waals surface area (Å²) >= 11 is 0. The monoisotopic (exact) mass is 234 g/mol. The van der Waals surface area contributed by atoms with Crippen molar-refractivity contribution in [2.45, 2.75) is 25.9 Å². The van der Waals surface area contributed by atoms with Crippen LogP contribution in [0.4, 0.5) is 0 Å². The smallest absolute Gasteiger partial charge is 0.335 e. The van der Waals surface area contributed by atoms with Gasteiger partial charge in [-0.05, 0) is 6.42 Å². The SMILES string of the molecule is CCCOC(=O)C(O)C(CC(=O)O)C(=O)O. The van der Waals surface area contributed by atoms with Crippen LogP contribution in [-0.4, -0.2) is 45.9 Å². The van der Waals surface area contributed by atoms with E-state index in [4.69, 9.17) is 10.2 Å². The van der Waals surface area contributed by atoms with Crippen molar-refractivity contribution < 1.29 is 34.4 Å². The summed E-state index contributed by atoms with van der Waals surface area (Å²) in [5.41, 5.74) is 0. The second-order valence-electron chi connectivity index (χ2n) is 3.15. The summed E-state index contributed by atoms with van der Waals surface area (Å²) in [7, 11) is 0. The van der Waals surface area contributed by atoms with Gasteiger partial charge >= 0.3 is 17.9 Å². The van der Waals surface area contributed by atoms with Gasteiger partial charge in [-0.3, -0.25) is 9.59 Å². The van der Waals surface area contributed by atoms with E-state index in [2.05, 4.69) is 4.74 Å². The molecule has 3 N–H and O–H groups in total. The fourth-order valence-corrected chi connectivity index (χ4v) is 0.974. The van der Waals surface area contributed by atoms with E-state index < -0.39 is 36.4 Å². The Morgan fingerprint density at radius 2 is 1.81 bits per heavy atom. The minimum atomic E-state index is -1.96. The van der Waals surface area contributed by atoms with E-state index in [0.29, 0.717) is 6.42 Å². The molecule has 92 valence electrons. The zero-order valence-electron chi connectivity index (χ0n) is 8.75. The van der Waals surface area contributed by atoms with E-state index in [-0.39, 0.29) is 6.61 Å². The van der Waals surface area contributed by atoms with Crippen LogP contribution in [0, 0.1) is 5.92 Å². The lowest BCUT2D eigenvalue weighted by Gasteiger charge is -2.15. The van der Waals surface area contributed by atoms with Crippen molar-refractivity contribution >= 4 is 17.9 Å². The molecule has 0 aliphatic rings. The number of carboxylic acid groups (broad SMARTS) is 2. The molecule has 2 unspecified atom stereocenters. The Kier molecular flexibility index (Phi) is 6.09. The first kappa shape index (κ1) is 14.4. The fourth-order valence-electron chi connectivity index (χ4n) is 0.974. The Hall–Kier alpha value is -1.63. The summed E-state index contributed by atoms with van der Waals surface area (Å²) < 4.78 is 4.52. The highest BCUT2D eigenvalue weighted by atomic mass is 16.5. The minimum Gasteiger partial charge on any atom is -0.481 e. The van der Waals surface area contributed by atoms with Gasteiger partial charge in [-0.1, -0.05) is 6.92 Å². The van der Waals surface area contributed by atoms with Crippen LogP contribution in [0.25, 0.3) is 0 Å². The first-order valence-corrected chi connectivity index (χ1v) is 4.69. The lowest BCUT2D eigenvalue weighted by Crippen LogP contribution is -2.37. The molecule has 0 aromatic heterocycles. The van der Waals surface area contributed by atoms with Crippen LogP contribution < -0.4 is 0 Å². The average molecular weight is 234 g/mol. The number of aliphatic hydroxyl groups is 1. The summed E-state index contributed by atoms with van der Waals surface area (Å²) in [6.07, 6.45) is -2.27. The molecule has 0 saturated heterocycles. The van der Waals surface area contributed by atoms with Gasteiger partial charge in [0.1, 0.15) is 5.92 Å². The van der Waals surface area contributed by atoms with Gasteiger partial charge in [0.25, 0.3) is 0 Å². The number of hydrogen-bond donors (Lipinski definition) is 3. The average Bonchev–Trinajstić information content (AvgIpc) is 2.20. The molecule has 16 heavy (non-hydrogen) atoms. The molecule has 0 radical (unpaired) electrons. The topological polar surface area (TPSA) is 121 Å². The largest absolute Gasteiger partial charge is 0.481 e. The minimum absolute atomic E-state index is 0.0509. The van der Waals surface area contributed by atoms with Gasteiger partial charge in [0.15, 0.2) is 6.10 Å². The second kappa shape index (κ2) is 6.78. The molecule has 0 heterocycles. The molecule has 7 nitrogen and oxygen atoms in total. The molecule has 0 amide bonds. The number of ether oxygens (including phenoxy) is 1. The summed E-state index contributed by atoms with van der Waals surface area (Å²) in [4.78, 5) is 32.1. The van der Waals surface area contributed by atoms with E-state index in [9.17, 15) is 19.5 Å². The molecule has 0 saturated carbocycles. The van der Waals surface area contributed by atoms with Crippen molar-refractivity contribution in [3.8, 4) is 0 Å². The predicted molar refractivity (Wildman–Crippen MR) is 50.6 cm³/mol. The molecule has 0 fully saturated rings. The summed E-state index contributed by atoms with van der Waals surface area (Å²) in [6, 6.07) is 0. The normalized spacial score (nSPS) is 13.9. The Morgan fingerprint density at radius 3 is 2.19 bits per heavy atom. The number of esters is 1. The van der Waals surface area contributed by atoms with Crippen molar-refractivity contribution in [3.05, 3.63) is 0 Å². The molecular formula is C9H14O7. The number of carbonyl (C=O) groups excluding carboxylic acids is 1. The van der Waals surface area contributed by atoms with Gasteiger partial charge in [0.2, 0.25) is 0 Å². The van der Waals surface area contributed by atoms with Crippen LogP contribution in [-0.2, 0) is 19.1 Å². The Labute approximate surface area is 91.6 Å². The Bertz CT molecular complexity index is 273. The third-order valence-electron chi connectivity index (χ3n) is 1.78. The molecule has 7 heteroatoms. The van der Waals surface area contributed by atoms with E-state index in [1.54, 1.807) is 6.92 Å². The lowest BCUT2D eigenvalue weighted by atomic mass is 9.99. The van der Waals surface area contributed by atoms with Gasteiger partial charge in [-0.25, -0.2) is 4.79 Å². The fraction of sp³-hybridized carbons (Fsp3) is 0.667. The zero-order chi connectivity index (χ0) is 12.7. The first-order valence-electron chi connectivity index (χ1n) is 4.69. The molecule has 0 bridgehead atoms. The number of carbonyl (C=O) groups is 3. The zero-order valence-corrected chi connectivity index (χ0v) is 8.75. The highest BCUT2D eigenvalue weighted by Crippen LogP contribution is 2.11. The highest BCUT2D eigenvalue weighted by molar-refractivity contribution is 5.85. The molecular weight excluding hydrogens is 220 g/mol. The molecule has 0 spiro atoms. The van der Waals surface area contributed by atoms with Gasteiger partial charge in [0, 0.05) is 0 Å². The summed E-state index contributed by atoms with van der Waals surface area (Å²) in [5, 5.41) is 26.4. The Balaban J connectivity index is 4.48. The van der Waals surface area contributed by atoms with Crippen molar-refractivity contribution in [2.24, 2.45) is 5.92 Å². The first-order chi connectivity index (χ1) is 7.40. The van der Waals surface area contributed by atoms with Crippen LogP contribution in [0.1, 0.15) is 19.8 Å². The van der Waals surface area contributed by atoms with Crippen LogP contribution >= 0.6 is 0 Å².